The zero-order valence-corrected chi connectivity index (χ0v) is 27.6. The Balaban J connectivity index is 1.29. The molecule has 6 rings (SSSR count). The molecule has 2 aliphatic rings. The number of hydrogen-bond acceptors (Lipinski definition) is 7. The van der Waals surface area contributed by atoms with Crippen LogP contribution in [0.25, 0.3) is 0 Å². The molecule has 0 bridgehead atoms. The van der Waals surface area contributed by atoms with E-state index in [1.165, 1.54) is 6.42 Å². The van der Waals surface area contributed by atoms with Gasteiger partial charge in [-0.25, -0.2) is 0 Å². The molecule has 254 valence electrons. The Hall–Kier alpha value is -3.40. The van der Waals surface area contributed by atoms with Crippen LogP contribution in [-0.2, 0) is 54.8 Å². The lowest BCUT2D eigenvalue weighted by Gasteiger charge is -2.46. The van der Waals surface area contributed by atoms with E-state index in [1.807, 2.05) is 121 Å². The molecule has 1 N–H and O–H groups in total. The first kappa shape index (κ1) is 34.5. The number of hydrogen-bond donors (Lipinski definition) is 1. The lowest BCUT2D eigenvalue weighted by Crippen LogP contribution is -2.62. The molecule has 0 aromatic heterocycles. The average molecular weight is 653 g/mol. The Morgan fingerprint density at radius 2 is 0.979 bits per heavy atom. The van der Waals surface area contributed by atoms with Gasteiger partial charge in [0.1, 0.15) is 24.4 Å². The predicted octanol–water partition coefficient (Wildman–Crippen LogP) is 7.60. The van der Waals surface area contributed by atoms with Crippen molar-refractivity contribution in [2.75, 3.05) is 6.61 Å². The van der Waals surface area contributed by atoms with Crippen LogP contribution in [0.5, 0.6) is 0 Å². The van der Waals surface area contributed by atoms with E-state index in [0.29, 0.717) is 26.4 Å². The van der Waals surface area contributed by atoms with Gasteiger partial charge in [-0.3, -0.25) is 0 Å². The molecule has 4 aromatic carbocycles. The second-order valence-electron chi connectivity index (χ2n) is 12.8. The Labute approximate surface area is 284 Å². The van der Waals surface area contributed by atoms with Crippen molar-refractivity contribution in [2.45, 2.75) is 95.5 Å². The fraction of sp³-hybridized carbons (Fsp3) is 0.415. The topological polar surface area (TPSA) is 75.6 Å². The molecule has 0 amide bonds. The van der Waals surface area contributed by atoms with Crippen molar-refractivity contribution in [3.8, 4) is 0 Å². The van der Waals surface area contributed by atoms with Crippen LogP contribution >= 0.6 is 0 Å². The summed E-state index contributed by atoms with van der Waals surface area (Å²) in [6.07, 6.45) is 0.885. The molecule has 1 aliphatic carbocycles. The molecule has 7 nitrogen and oxygen atoms in total. The summed E-state index contributed by atoms with van der Waals surface area (Å²) in [5, 5.41) is 11.4. The van der Waals surface area contributed by atoms with Gasteiger partial charge in [-0.05, 0) is 35.1 Å². The third-order valence-electron chi connectivity index (χ3n) is 9.17. The van der Waals surface area contributed by atoms with Gasteiger partial charge in [-0.1, -0.05) is 141 Å². The van der Waals surface area contributed by atoms with E-state index in [0.717, 1.165) is 47.9 Å². The van der Waals surface area contributed by atoms with E-state index in [-0.39, 0.29) is 12.5 Å². The van der Waals surface area contributed by atoms with Gasteiger partial charge in [0.15, 0.2) is 12.6 Å². The fourth-order valence-corrected chi connectivity index (χ4v) is 6.52. The Bertz CT molecular complexity index is 1430. The van der Waals surface area contributed by atoms with Gasteiger partial charge in [-0.15, -0.1) is 0 Å². The number of aliphatic hydroxyl groups is 1. The standard InChI is InChI=1S/C41H48O7/c42-40(35-24-14-5-15-25-35)48-41-39(46-29-34-22-12-4-13-23-34)38(45-28-33-20-10-3-11-21-33)37(44-27-32-18-8-2-9-19-32)36(47-41)30-43-26-31-16-6-1-7-17-31/h1-4,6-13,16-23,35-42H,5,14-15,24-30H2/t36-,37-,38+,39-,40?,41+/m1/s1. The molecule has 4 aromatic rings. The van der Waals surface area contributed by atoms with Gasteiger partial charge in [0.2, 0.25) is 0 Å². The van der Waals surface area contributed by atoms with E-state index < -0.39 is 37.0 Å². The zero-order valence-electron chi connectivity index (χ0n) is 27.6. The van der Waals surface area contributed by atoms with Crippen LogP contribution in [0.2, 0.25) is 0 Å². The number of ether oxygens (including phenoxy) is 6. The molecule has 0 radical (unpaired) electrons. The van der Waals surface area contributed by atoms with Crippen LogP contribution in [0.1, 0.15) is 54.4 Å². The quantitative estimate of drug-likeness (QED) is 0.125. The summed E-state index contributed by atoms with van der Waals surface area (Å²) in [6.45, 7) is 1.68. The van der Waals surface area contributed by atoms with E-state index >= 15 is 0 Å². The Kier molecular flexibility index (Phi) is 13.2. The maximum absolute atomic E-state index is 11.4. The van der Waals surface area contributed by atoms with Gasteiger partial charge in [-0.2, -0.15) is 0 Å². The van der Waals surface area contributed by atoms with Crippen LogP contribution < -0.4 is 0 Å². The van der Waals surface area contributed by atoms with Crippen molar-refractivity contribution in [1.29, 1.82) is 0 Å². The zero-order chi connectivity index (χ0) is 32.8. The molecule has 1 heterocycles. The molecule has 48 heavy (non-hydrogen) atoms. The summed E-state index contributed by atoms with van der Waals surface area (Å²) in [5.41, 5.74) is 4.15. The van der Waals surface area contributed by atoms with Crippen LogP contribution in [0, 0.1) is 5.92 Å². The largest absolute Gasteiger partial charge is 0.374 e. The second-order valence-corrected chi connectivity index (χ2v) is 12.8. The van der Waals surface area contributed by atoms with E-state index in [1.54, 1.807) is 0 Å². The Morgan fingerprint density at radius 3 is 1.48 bits per heavy atom. The highest BCUT2D eigenvalue weighted by molar-refractivity contribution is 5.16. The van der Waals surface area contributed by atoms with Gasteiger partial charge in [0, 0.05) is 5.92 Å². The second kappa shape index (κ2) is 18.4. The highest BCUT2D eigenvalue weighted by Gasteiger charge is 2.50. The van der Waals surface area contributed by atoms with Crippen molar-refractivity contribution in [1.82, 2.24) is 0 Å². The maximum Gasteiger partial charge on any atom is 0.189 e. The van der Waals surface area contributed by atoms with Crippen LogP contribution in [0.4, 0.5) is 0 Å². The van der Waals surface area contributed by atoms with Crippen LogP contribution in [-0.4, -0.2) is 48.7 Å². The van der Waals surface area contributed by atoms with Crippen molar-refractivity contribution in [3.05, 3.63) is 144 Å². The van der Waals surface area contributed by atoms with E-state index in [4.69, 9.17) is 28.4 Å². The molecule has 7 heteroatoms. The monoisotopic (exact) mass is 652 g/mol. The van der Waals surface area contributed by atoms with Crippen molar-refractivity contribution in [2.24, 2.45) is 5.92 Å². The average Bonchev–Trinajstić information content (AvgIpc) is 3.15. The van der Waals surface area contributed by atoms with Gasteiger partial charge >= 0.3 is 0 Å². The van der Waals surface area contributed by atoms with Gasteiger partial charge in [0.05, 0.1) is 33.0 Å². The van der Waals surface area contributed by atoms with Crippen molar-refractivity contribution >= 4 is 0 Å². The minimum Gasteiger partial charge on any atom is -0.374 e. The minimum atomic E-state index is -0.986. The van der Waals surface area contributed by atoms with E-state index in [9.17, 15) is 5.11 Å². The number of rotatable bonds is 16. The molecule has 1 saturated heterocycles. The molecule has 0 spiro atoms. The molecule has 2 fully saturated rings. The summed E-state index contributed by atoms with van der Waals surface area (Å²) in [5.74, 6) is 0.0423. The van der Waals surface area contributed by atoms with Crippen LogP contribution in [0.3, 0.4) is 0 Å². The highest BCUT2D eigenvalue weighted by Crippen LogP contribution is 2.34. The molecule has 6 atom stereocenters. The maximum atomic E-state index is 11.4. The summed E-state index contributed by atoms with van der Waals surface area (Å²) in [4.78, 5) is 0. The van der Waals surface area contributed by atoms with Gasteiger partial charge < -0.3 is 33.5 Å². The highest BCUT2D eigenvalue weighted by atomic mass is 16.8. The molecular weight excluding hydrogens is 604 g/mol. The van der Waals surface area contributed by atoms with Crippen LogP contribution in [0.15, 0.2) is 121 Å². The molecular formula is C41H48O7. The van der Waals surface area contributed by atoms with E-state index in [2.05, 4.69) is 0 Å². The SMILES string of the molecule is OC(O[C@@H]1O[C@H](COCc2ccccc2)[C@@H](OCc2ccccc2)[C@H](OCc2ccccc2)[C@H]1OCc1ccccc1)C1CCCCC1. The first-order valence-corrected chi connectivity index (χ1v) is 17.3. The molecule has 1 unspecified atom stereocenters. The van der Waals surface area contributed by atoms with Gasteiger partial charge in [0.25, 0.3) is 0 Å². The number of benzene rings is 4. The third-order valence-corrected chi connectivity index (χ3v) is 9.17. The minimum absolute atomic E-state index is 0.0423. The van der Waals surface area contributed by atoms with Crippen molar-refractivity contribution in [3.63, 3.8) is 0 Å². The lowest BCUT2D eigenvalue weighted by molar-refractivity contribution is -0.357. The summed E-state index contributed by atoms with van der Waals surface area (Å²) < 4.78 is 39.6. The number of aliphatic hydroxyl groups excluding tert-OH is 1. The van der Waals surface area contributed by atoms with Crippen molar-refractivity contribution < 1.29 is 33.5 Å². The first-order valence-electron chi connectivity index (χ1n) is 17.3. The first-order chi connectivity index (χ1) is 23.7. The normalized spacial score (nSPS) is 23.9. The summed E-state index contributed by atoms with van der Waals surface area (Å²) >= 11 is 0. The summed E-state index contributed by atoms with van der Waals surface area (Å²) in [7, 11) is 0. The predicted molar refractivity (Wildman–Crippen MR) is 183 cm³/mol. The molecule has 1 aliphatic heterocycles. The fourth-order valence-electron chi connectivity index (χ4n) is 6.52. The third kappa shape index (κ3) is 10.1. The Morgan fingerprint density at radius 1 is 0.542 bits per heavy atom. The summed E-state index contributed by atoms with van der Waals surface area (Å²) in [6, 6.07) is 40.3. The lowest BCUT2D eigenvalue weighted by atomic mass is 9.89. The molecule has 1 saturated carbocycles. The smallest absolute Gasteiger partial charge is 0.189 e.